The summed E-state index contributed by atoms with van der Waals surface area (Å²) < 4.78 is 7.08. The first-order valence-electron chi connectivity index (χ1n) is 5.74. The summed E-state index contributed by atoms with van der Waals surface area (Å²) in [5, 5.41) is 15.4. The van der Waals surface area contributed by atoms with Crippen LogP contribution in [0.5, 0.6) is 0 Å². The predicted molar refractivity (Wildman–Crippen MR) is 62.8 cm³/mol. The van der Waals surface area contributed by atoms with Gasteiger partial charge in [0.05, 0.1) is 6.61 Å². The van der Waals surface area contributed by atoms with Crippen LogP contribution in [0.4, 0.5) is 5.82 Å². The lowest BCUT2D eigenvalue weighted by Crippen LogP contribution is -2.27. The fourth-order valence-corrected chi connectivity index (χ4v) is 1.98. The molecular weight excluding hydrogens is 218 g/mol. The second-order valence-corrected chi connectivity index (χ2v) is 4.82. The summed E-state index contributed by atoms with van der Waals surface area (Å²) in [6.45, 7) is 4.77. The quantitative estimate of drug-likeness (QED) is 0.855. The Morgan fingerprint density at radius 3 is 3.29 bits per heavy atom. The molecule has 1 fully saturated rings. The summed E-state index contributed by atoms with van der Waals surface area (Å²) in [6.07, 6.45) is 2.69. The van der Waals surface area contributed by atoms with E-state index in [0.29, 0.717) is 0 Å². The maximum Gasteiger partial charge on any atom is 0.177 e. The van der Waals surface area contributed by atoms with Gasteiger partial charge in [-0.3, -0.25) is 0 Å². The minimum Gasteiger partial charge on any atom is -0.381 e. The normalized spacial score (nSPS) is 24.3. The van der Waals surface area contributed by atoms with Gasteiger partial charge in [0.2, 0.25) is 0 Å². The highest BCUT2D eigenvalue weighted by Crippen LogP contribution is 2.27. The lowest BCUT2D eigenvalue weighted by atomic mass is 9.90. The number of hydrogen-bond acceptors (Lipinski definition) is 5. The summed E-state index contributed by atoms with van der Waals surface area (Å²) in [5.41, 5.74) is 0.968. The molecule has 0 amide bonds. The van der Waals surface area contributed by atoms with Gasteiger partial charge in [0.15, 0.2) is 5.65 Å². The molecule has 6 nitrogen and oxygen atoms in total. The van der Waals surface area contributed by atoms with Crippen molar-refractivity contribution in [3.8, 4) is 0 Å². The monoisotopic (exact) mass is 233 g/mol. The van der Waals surface area contributed by atoms with Gasteiger partial charge in [0.1, 0.15) is 12.1 Å². The van der Waals surface area contributed by atoms with E-state index in [1.807, 2.05) is 12.1 Å². The number of nitrogens with one attached hydrogen (secondary N) is 1. The van der Waals surface area contributed by atoms with Crippen LogP contribution >= 0.6 is 0 Å². The minimum atomic E-state index is 0.212. The van der Waals surface area contributed by atoms with E-state index in [1.165, 1.54) is 0 Å². The molecule has 6 heteroatoms. The topological polar surface area (TPSA) is 64.3 Å². The lowest BCUT2D eigenvalue weighted by molar-refractivity contribution is 0.164. The number of rotatable bonds is 3. The van der Waals surface area contributed by atoms with Crippen molar-refractivity contribution in [3.05, 3.63) is 18.5 Å². The maximum atomic E-state index is 5.42. The van der Waals surface area contributed by atoms with Crippen molar-refractivity contribution in [2.75, 3.05) is 25.1 Å². The summed E-state index contributed by atoms with van der Waals surface area (Å²) in [4.78, 5) is 0. The van der Waals surface area contributed by atoms with Crippen LogP contribution in [0.25, 0.3) is 5.65 Å². The van der Waals surface area contributed by atoms with Crippen molar-refractivity contribution >= 4 is 11.5 Å². The number of aromatic nitrogens is 4. The van der Waals surface area contributed by atoms with E-state index in [4.69, 9.17) is 4.74 Å². The van der Waals surface area contributed by atoms with Gasteiger partial charge in [0.25, 0.3) is 0 Å². The lowest BCUT2D eigenvalue weighted by Gasteiger charge is -2.22. The Bertz CT molecular complexity index is 517. The first kappa shape index (κ1) is 10.5. The third kappa shape index (κ3) is 2.08. The van der Waals surface area contributed by atoms with Gasteiger partial charge in [-0.2, -0.15) is 4.52 Å². The first-order chi connectivity index (χ1) is 8.25. The third-order valence-corrected chi connectivity index (χ3v) is 3.16. The third-order valence-electron chi connectivity index (χ3n) is 3.16. The number of fused-ring (bicyclic) bond motifs is 1. The molecule has 1 atom stereocenters. The Hall–Kier alpha value is -1.69. The molecule has 0 aliphatic carbocycles. The van der Waals surface area contributed by atoms with Crippen LogP contribution in [0, 0.1) is 5.41 Å². The molecule has 0 aromatic carbocycles. The van der Waals surface area contributed by atoms with Gasteiger partial charge in [-0.05, 0) is 18.6 Å². The van der Waals surface area contributed by atoms with Crippen molar-refractivity contribution in [2.24, 2.45) is 5.41 Å². The van der Waals surface area contributed by atoms with Crippen LogP contribution in [0.1, 0.15) is 13.3 Å². The first-order valence-corrected chi connectivity index (χ1v) is 5.74. The van der Waals surface area contributed by atoms with Crippen LogP contribution in [0.2, 0.25) is 0 Å². The molecule has 1 saturated heterocycles. The second kappa shape index (κ2) is 3.96. The van der Waals surface area contributed by atoms with E-state index in [9.17, 15) is 0 Å². The van der Waals surface area contributed by atoms with Gasteiger partial charge in [0, 0.05) is 18.6 Å². The zero-order valence-electron chi connectivity index (χ0n) is 9.76. The number of anilines is 1. The Kier molecular flexibility index (Phi) is 2.44. The highest BCUT2D eigenvalue weighted by Gasteiger charge is 2.29. The molecule has 3 rings (SSSR count). The van der Waals surface area contributed by atoms with Crippen LogP contribution in [0.15, 0.2) is 18.5 Å². The van der Waals surface area contributed by atoms with E-state index in [-0.39, 0.29) is 5.41 Å². The van der Waals surface area contributed by atoms with Crippen LogP contribution in [-0.4, -0.2) is 39.6 Å². The van der Waals surface area contributed by atoms with Crippen LogP contribution < -0.4 is 5.32 Å². The Labute approximate surface area is 99.0 Å². The Balaban J connectivity index is 1.71. The van der Waals surface area contributed by atoms with Gasteiger partial charge >= 0.3 is 0 Å². The molecule has 1 N–H and O–H groups in total. The number of nitrogens with zero attached hydrogens (tertiary/aromatic N) is 4. The van der Waals surface area contributed by atoms with E-state index in [2.05, 4.69) is 27.5 Å². The molecule has 0 bridgehead atoms. The smallest absolute Gasteiger partial charge is 0.177 e. The summed E-state index contributed by atoms with van der Waals surface area (Å²) in [6, 6.07) is 3.82. The zero-order valence-corrected chi connectivity index (χ0v) is 9.76. The molecule has 90 valence electrons. The predicted octanol–water partition coefficient (Wildman–Crippen LogP) is 0.963. The van der Waals surface area contributed by atoms with Crippen molar-refractivity contribution < 1.29 is 4.74 Å². The van der Waals surface area contributed by atoms with Crippen molar-refractivity contribution in [2.45, 2.75) is 13.3 Å². The van der Waals surface area contributed by atoms with E-state index < -0.39 is 0 Å². The van der Waals surface area contributed by atoms with Crippen molar-refractivity contribution in [1.29, 1.82) is 0 Å². The molecule has 1 unspecified atom stereocenters. The van der Waals surface area contributed by atoms with Crippen LogP contribution in [0.3, 0.4) is 0 Å². The van der Waals surface area contributed by atoms with Gasteiger partial charge < -0.3 is 10.1 Å². The summed E-state index contributed by atoms with van der Waals surface area (Å²) >= 11 is 0. The van der Waals surface area contributed by atoms with Gasteiger partial charge in [-0.25, -0.2) is 0 Å². The average Bonchev–Trinajstić information content (AvgIpc) is 2.95. The van der Waals surface area contributed by atoms with Gasteiger partial charge in [-0.15, -0.1) is 15.3 Å². The fourth-order valence-electron chi connectivity index (χ4n) is 1.98. The molecule has 3 heterocycles. The Morgan fingerprint density at radius 2 is 2.47 bits per heavy atom. The molecule has 0 spiro atoms. The summed E-state index contributed by atoms with van der Waals surface area (Å²) in [5.74, 6) is 0.838. The highest BCUT2D eigenvalue weighted by atomic mass is 16.5. The van der Waals surface area contributed by atoms with E-state index in [0.717, 1.165) is 37.6 Å². The molecule has 1 aliphatic heterocycles. The number of ether oxygens (including phenoxy) is 1. The molecule has 17 heavy (non-hydrogen) atoms. The highest BCUT2D eigenvalue weighted by molar-refractivity contribution is 5.43. The van der Waals surface area contributed by atoms with Gasteiger partial charge in [-0.1, -0.05) is 6.92 Å². The van der Waals surface area contributed by atoms with Crippen molar-refractivity contribution in [1.82, 2.24) is 19.8 Å². The van der Waals surface area contributed by atoms with E-state index >= 15 is 0 Å². The SMILES string of the molecule is CC1(CNc2ccc3nncn3n2)CCOC1. The molecule has 1 aliphatic rings. The maximum absolute atomic E-state index is 5.42. The molecule has 0 radical (unpaired) electrons. The number of hydrogen-bond donors (Lipinski definition) is 1. The second-order valence-electron chi connectivity index (χ2n) is 4.82. The van der Waals surface area contributed by atoms with Crippen molar-refractivity contribution in [3.63, 3.8) is 0 Å². The molecule has 2 aromatic rings. The Morgan fingerprint density at radius 1 is 1.53 bits per heavy atom. The largest absolute Gasteiger partial charge is 0.381 e. The van der Waals surface area contributed by atoms with Crippen LogP contribution in [-0.2, 0) is 4.74 Å². The standard InChI is InChI=1S/C11H15N5O/c1-11(4-5-17-7-11)6-12-9-2-3-10-14-13-8-16(10)15-9/h2-3,8H,4-7H2,1H3,(H,12,15). The molecular formula is C11H15N5O. The zero-order chi connectivity index (χ0) is 11.7. The fraction of sp³-hybridized carbons (Fsp3) is 0.545. The summed E-state index contributed by atoms with van der Waals surface area (Å²) in [7, 11) is 0. The minimum absolute atomic E-state index is 0.212. The van der Waals surface area contributed by atoms with E-state index in [1.54, 1.807) is 10.8 Å². The average molecular weight is 233 g/mol. The molecule has 2 aromatic heterocycles. The molecule has 0 saturated carbocycles.